The molecule has 0 fully saturated rings. The van der Waals surface area contributed by atoms with Gasteiger partial charge in [0.2, 0.25) is 5.91 Å². The van der Waals surface area contributed by atoms with E-state index in [4.69, 9.17) is 5.11 Å². The Kier molecular flexibility index (Phi) is 6.58. The van der Waals surface area contributed by atoms with Crippen LogP contribution >= 0.6 is 0 Å². The van der Waals surface area contributed by atoms with Crippen LogP contribution in [-0.2, 0) is 16.1 Å². The van der Waals surface area contributed by atoms with Gasteiger partial charge in [-0.05, 0) is 19.1 Å². The number of fused-ring (bicyclic) bond motifs is 2. The normalized spacial score (nSPS) is 10.6. The molecule has 0 aliphatic carbocycles. The number of H-pyrrole nitrogens is 1. The lowest BCUT2D eigenvalue weighted by Crippen LogP contribution is -2.32. The van der Waals surface area contributed by atoms with Gasteiger partial charge >= 0.3 is 5.97 Å². The highest BCUT2D eigenvalue weighted by molar-refractivity contribution is 5.92. The van der Waals surface area contributed by atoms with Gasteiger partial charge in [-0.15, -0.1) is 0 Å². The Hall–Kier alpha value is -4.60. The van der Waals surface area contributed by atoms with E-state index in [2.05, 4.69) is 44.3 Å². The molecule has 1 amide bonds. The van der Waals surface area contributed by atoms with Crippen molar-refractivity contribution in [1.82, 2.24) is 29.8 Å². The van der Waals surface area contributed by atoms with Gasteiger partial charge in [-0.2, -0.15) is 0 Å². The van der Waals surface area contributed by atoms with Gasteiger partial charge in [-0.25, -0.2) is 19.3 Å². The average molecular weight is 460 g/mol. The SMILES string of the molecule is Cc1ccccc1.O=C(O)CNC(=O)Cn1ccc2cnc(-c3c[nH]c4ncc(F)cc34)nc21. The monoisotopic (exact) mass is 460 g/mol. The first-order valence-electron chi connectivity index (χ1n) is 10.4. The van der Waals surface area contributed by atoms with E-state index in [1.165, 1.54) is 11.6 Å². The number of nitrogens with zero attached hydrogens (tertiary/aromatic N) is 4. The van der Waals surface area contributed by atoms with Crippen LogP contribution in [0.5, 0.6) is 0 Å². The summed E-state index contributed by atoms with van der Waals surface area (Å²) in [5, 5.41) is 12.2. The minimum Gasteiger partial charge on any atom is -0.480 e. The van der Waals surface area contributed by atoms with Crippen LogP contribution in [0, 0.1) is 12.7 Å². The number of aryl methyl sites for hydroxylation is 1. The summed E-state index contributed by atoms with van der Waals surface area (Å²) in [7, 11) is 0. The van der Waals surface area contributed by atoms with Gasteiger partial charge in [0, 0.05) is 34.9 Å². The van der Waals surface area contributed by atoms with Gasteiger partial charge in [0.1, 0.15) is 30.2 Å². The molecular formula is C24H21FN6O3. The number of halogens is 1. The third-order valence-electron chi connectivity index (χ3n) is 4.93. The van der Waals surface area contributed by atoms with Crippen LogP contribution < -0.4 is 5.32 Å². The zero-order valence-corrected chi connectivity index (χ0v) is 18.2. The maximum Gasteiger partial charge on any atom is 0.322 e. The van der Waals surface area contributed by atoms with E-state index < -0.39 is 24.2 Å². The summed E-state index contributed by atoms with van der Waals surface area (Å²) in [6.45, 7) is 1.55. The van der Waals surface area contributed by atoms with Gasteiger partial charge in [0.15, 0.2) is 5.82 Å². The maximum atomic E-state index is 13.5. The van der Waals surface area contributed by atoms with E-state index in [1.54, 1.807) is 29.2 Å². The molecular weight excluding hydrogens is 439 g/mol. The van der Waals surface area contributed by atoms with Crippen LogP contribution in [0.3, 0.4) is 0 Å². The number of hydrogen-bond acceptors (Lipinski definition) is 5. The van der Waals surface area contributed by atoms with Crippen molar-refractivity contribution in [2.75, 3.05) is 6.54 Å². The zero-order valence-electron chi connectivity index (χ0n) is 18.2. The number of carboxylic acids is 1. The first kappa shape index (κ1) is 22.6. The number of aromatic nitrogens is 5. The Morgan fingerprint density at radius 1 is 1.15 bits per heavy atom. The third-order valence-corrected chi connectivity index (χ3v) is 4.93. The van der Waals surface area contributed by atoms with Crippen molar-refractivity contribution in [1.29, 1.82) is 0 Å². The van der Waals surface area contributed by atoms with Crippen molar-refractivity contribution < 1.29 is 19.1 Å². The van der Waals surface area contributed by atoms with Crippen LogP contribution in [0.2, 0.25) is 0 Å². The summed E-state index contributed by atoms with van der Waals surface area (Å²) < 4.78 is 15.1. The second-order valence-electron chi connectivity index (χ2n) is 7.49. The van der Waals surface area contributed by atoms with Gasteiger partial charge in [-0.1, -0.05) is 35.9 Å². The van der Waals surface area contributed by atoms with Crippen LogP contribution in [0.4, 0.5) is 4.39 Å². The maximum absolute atomic E-state index is 13.5. The highest BCUT2D eigenvalue weighted by Crippen LogP contribution is 2.26. The molecule has 0 radical (unpaired) electrons. The minimum atomic E-state index is -1.12. The van der Waals surface area contributed by atoms with E-state index in [1.807, 2.05) is 18.2 Å². The summed E-state index contributed by atoms with van der Waals surface area (Å²) in [6.07, 6.45) is 6.04. The standard InChI is InChI=1S/C17H13FN6O3.C7H8/c18-10-3-11-12(6-22-15(11)21-5-10)16-20-4-9-1-2-24(17(9)23-16)8-13(25)19-7-14(26)27;1-7-5-3-2-4-6-7/h1-6H,7-8H2,(H,19,25)(H,21,22)(H,26,27);2-6H,1H3. The topological polar surface area (TPSA) is 126 Å². The van der Waals surface area contributed by atoms with Crippen LogP contribution in [-0.4, -0.2) is 48.0 Å². The number of nitrogens with one attached hydrogen (secondary N) is 2. The molecule has 0 saturated carbocycles. The lowest BCUT2D eigenvalue weighted by Gasteiger charge is -2.06. The Morgan fingerprint density at radius 2 is 1.94 bits per heavy atom. The molecule has 3 N–H and O–H groups in total. The molecule has 10 heteroatoms. The Balaban J connectivity index is 0.000000336. The molecule has 0 aliphatic heterocycles. The number of carbonyl (C=O) groups excluding carboxylic acids is 1. The Morgan fingerprint density at radius 3 is 2.65 bits per heavy atom. The molecule has 1 aromatic carbocycles. The van der Waals surface area contributed by atoms with E-state index in [0.717, 1.165) is 6.20 Å². The number of benzene rings is 1. The molecule has 4 aromatic heterocycles. The molecule has 0 saturated heterocycles. The second kappa shape index (κ2) is 9.90. The van der Waals surface area contributed by atoms with Gasteiger partial charge in [-0.3, -0.25) is 9.59 Å². The van der Waals surface area contributed by atoms with Crippen LogP contribution in [0.1, 0.15) is 5.56 Å². The third kappa shape index (κ3) is 5.23. The lowest BCUT2D eigenvalue weighted by molar-refractivity contribution is -0.138. The fourth-order valence-electron chi connectivity index (χ4n) is 3.31. The van der Waals surface area contributed by atoms with E-state index in [9.17, 15) is 14.0 Å². The molecule has 0 bridgehead atoms. The predicted molar refractivity (Wildman–Crippen MR) is 124 cm³/mol. The van der Waals surface area contributed by atoms with E-state index in [0.29, 0.717) is 33.5 Å². The molecule has 172 valence electrons. The number of carboxylic acid groups (broad SMARTS) is 1. The highest BCUT2D eigenvalue weighted by Gasteiger charge is 2.14. The molecule has 0 unspecified atom stereocenters. The Bertz CT molecular complexity index is 1460. The van der Waals surface area contributed by atoms with Gasteiger partial charge in [0.05, 0.1) is 6.20 Å². The van der Waals surface area contributed by atoms with E-state index >= 15 is 0 Å². The van der Waals surface area contributed by atoms with Gasteiger partial charge in [0.25, 0.3) is 0 Å². The summed E-state index contributed by atoms with van der Waals surface area (Å²) in [5.41, 5.74) is 2.92. The quantitative estimate of drug-likeness (QED) is 0.369. The number of hydrogen-bond donors (Lipinski definition) is 3. The number of pyridine rings is 1. The summed E-state index contributed by atoms with van der Waals surface area (Å²) in [6, 6.07) is 13.4. The summed E-state index contributed by atoms with van der Waals surface area (Å²) in [4.78, 5) is 38.2. The number of amides is 1. The molecule has 34 heavy (non-hydrogen) atoms. The fraction of sp³-hybridized carbons (Fsp3) is 0.125. The molecule has 9 nitrogen and oxygen atoms in total. The van der Waals surface area contributed by atoms with Crippen LogP contribution in [0.25, 0.3) is 33.5 Å². The molecule has 5 rings (SSSR count). The van der Waals surface area contributed by atoms with Crippen molar-refractivity contribution in [2.45, 2.75) is 13.5 Å². The summed E-state index contributed by atoms with van der Waals surface area (Å²) >= 11 is 0. The molecule has 0 atom stereocenters. The number of aliphatic carboxylic acids is 1. The number of carbonyl (C=O) groups is 2. The van der Waals surface area contributed by atoms with Crippen molar-refractivity contribution in [3.8, 4) is 11.4 Å². The van der Waals surface area contributed by atoms with Crippen molar-refractivity contribution in [3.63, 3.8) is 0 Å². The molecule has 4 heterocycles. The number of aromatic amines is 1. The lowest BCUT2D eigenvalue weighted by atomic mass is 10.2. The fourth-order valence-corrected chi connectivity index (χ4v) is 3.31. The van der Waals surface area contributed by atoms with Gasteiger partial charge < -0.3 is 20.0 Å². The van der Waals surface area contributed by atoms with Crippen molar-refractivity contribution in [2.24, 2.45) is 0 Å². The predicted octanol–water partition coefficient (Wildman–Crippen LogP) is 3.31. The molecule has 0 spiro atoms. The number of rotatable bonds is 5. The van der Waals surface area contributed by atoms with Crippen molar-refractivity contribution >= 4 is 33.9 Å². The van der Waals surface area contributed by atoms with E-state index in [-0.39, 0.29) is 6.54 Å². The highest BCUT2D eigenvalue weighted by atomic mass is 19.1. The Labute approximate surface area is 193 Å². The first-order valence-corrected chi connectivity index (χ1v) is 10.4. The molecule has 0 aliphatic rings. The summed E-state index contributed by atoms with van der Waals surface area (Å²) in [5.74, 6) is -1.69. The van der Waals surface area contributed by atoms with Crippen molar-refractivity contribution in [3.05, 3.63) is 78.6 Å². The largest absolute Gasteiger partial charge is 0.480 e. The minimum absolute atomic E-state index is 0.0860. The van der Waals surface area contributed by atoms with Crippen LogP contribution in [0.15, 0.2) is 67.3 Å². The second-order valence-corrected chi connectivity index (χ2v) is 7.49. The smallest absolute Gasteiger partial charge is 0.322 e. The average Bonchev–Trinajstić information content (AvgIpc) is 3.42. The zero-order chi connectivity index (χ0) is 24.1. The molecule has 5 aromatic rings. The first-order chi connectivity index (χ1) is 16.4.